The topological polar surface area (TPSA) is 86.7 Å². The maximum absolute atomic E-state index is 11.9. The molecule has 0 aromatic carbocycles. The number of hydrogen-bond acceptors (Lipinski definition) is 3. The second kappa shape index (κ2) is 6.37. The predicted octanol–water partition coefficient (Wildman–Crippen LogP) is 0.367. The molecule has 0 heterocycles. The van der Waals surface area contributed by atoms with E-state index in [0.717, 1.165) is 19.3 Å². The number of aliphatic carboxylic acids is 1. The minimum atomic E-state index is -1.02. The summed E-state index contributed by atoms with van der Waals surface area (Å²) in [6.07, 6.45) is 2.78. The van der Waals surface area contributed by atoms with E-state index < -0.39 is 12.0 Å². The lowest BCUT2D eigenvalue weighted by Gasteiger charge is -2.26. The van der Waals surface area contributed by atoms with Gasteiger partial charge in [-0.1, -0.05) is 6.92 Å². The molecule has 2 amide bonds. The Morgan fingerprint density at radius 3 is 2.44 bits per heavy atom. The van der Waals surface area contributed by atoms with Crippen LogP contribution in [0.5, 0.6) is 0 Å². The number of nitrogens with one attached hydrogen (secondary N) is 1. The summed E-state index contributed by atoms with van der Waals surface area (Å²) in [5.41, 5.74) is 0. The van der Waals surface area contributed by atoms with E-state index in [0.29, 0.717) is 6.42 Å². The molecule has 1 aliphatic carbocycles. The van der Waals surface area contributed by atoms with Gasteiger partial charge in [0.15, 0.2) is 0 Å². The maximum Gasteiger partial charge on any atom is 0.326 e. The van der Waals surface area contributed by atoms with E-state index in [1.54, 1.807) is 0 Å². The Bertz CT molecular complexity index is 339. The van der Waals surface area contributed by atoms with Crippen LogP contribution in [0.4, 0.5) is 0 Å². The van der Waals surface area contributed by atoms with Crippen LogP contribution in [0, 0.1) is 0 Å². The van der Waals surface area contributed by atoms with Crippen molar-refractivity contribution >= 4 is 17.8 Å². The number of hydrogen-bond donors (Lipinski definition) is 2. The Labute approximate surface area is 106 Å². The Kier molecular flexibility index (Phi) is 5.12. The quantitative estimate of drug-likeness (QED) is 0.689. The fraction of sp³-hybridized carbons (Fsp3) is 0.750. The zero-order valence-corrected chi connectivity index (χ0v) is 10.8. The molecule has 0 saturated heterocycles. The molecule has 1 aliphatic rings. The lowest BCUT2D eigenvalue weighted by Crippen LogP contribution is -2.48. The van der Waals surface area contributed by atoms with Crippen LogP contribution in [0.2, 0.25) is 0 Å². The van der Waals surface area contributed by atoms with E-state index in [2.05, 4.69) is 5.32 Å². The van der Waals surface area contributed by atoms with Gasteiger partial charge in [-0.25, -0.2) is 4.79 Å². The summed E-state index contributed by atoms with van der Waals surface area (Å²) in [6, 6.07) is -0.820. The van der Waals surface area contributed by atoms with E-state index in [1.807, 2.05) is 6.92 Å². The van der Waals surface area contributed by atoms with Crippen molar-refractivity contribution < 1.29 is 19.5 Å². The normalized spacial score (nSPS) is 15.9. The highest BCUT2D eigenvalue weighted by molar-refractivity contribution is 5.88. The highest BCUT2D eigenvalue weighted by Crippen LogP contribution is 2.28. The summed E-state index contributed by atoms with van der Waals surface area (Å²) in [7, 11) is 0. The number of amides is 2. The smallest absolute Gasteiger partial charge is 0.326 e. The number of nitrogens with zero attached hydrogens (tertiary/aromatic N) is 1. The van der Waals surface area contributed by atoms with Crippen LogP contribution in [0.25, 0.3) is 0 Å². The van der Waals surface area contributed by atoms with Crippen LogP contribution < -0.4 is 5.32 Å². The van der Waals surface area contributed by atoms with E-state index in [4.69, 9.17) is 5.11 Å². The lowest BCUT2D eigenvalue weighted by atomic mass is 10.2. The Hall–Kier alpha value is -1.59. The van der Waals surface area contributed by atoms with Crippen molar-refractivity contribution in [3.63, 3.8) is 0 Å². The van der Waals surface area contributed by atoms with Gasteiger partial charge in [0.25, 0.3) is 0 Å². The van der Waals surface area contributed by atoms with Gasteiger partial charge in [0.1, 0.15) is 6.04 Å². The summed E-state index contributed by atoms with van der Waals surface area (Å²) in [6.45, 7) is 3.25. The minimum absolute atomic E-state index is 0.0201. The standard InChI is InChI=1S/C12H20N2O4/c1-3-4-10(15)13-7-11(16)14(9-5-6-9)8(2)12(17)18/h8-9H,3-7H2,1-2H3,(H,13,15)(H,17,18). The first-order chi connectivity index (χ1) is 8.47. The van der Waals surface area contributed by atoms with Crippen molar-refractivity contribution in [3.05, 3.63) is 0 Å². The first-order valence-electron chi connectivity index (χ1n) is 6.28. The molecule has 6 nitrogen and oxygen atoms in total. The average Bonchev–Trinajstić information content (AvgIpc) is 3.11. The molecule has 102 valence electrons. The zero-order chi connectivity index (χ0) is 13.7. The lowest BCUT2D eigenvalue weighted by molar-refractivity contribution is -0.149. The SMILES string of the molecule is CCCC(=O)NCC(=O)N(C1CC1)C(C)C(=O)O. The van der Waals surface area contributed by atoms with Crippen LogP contribution in [-0.2, 0) is 14.4 Å². The van der Waals surface area contributed by atoms with Gasteiger partial charge in [-0.2, -0.15) is 0 Å². The number of carbonyl (C=O) groups excluding carboxylic acids is 2. The Balaban J connectivity index is 2.50. The fourth-order valence-electron chi connectivity index (χ4n) is 1.79. The third-order valence-corrected chi connectivity index (χ3v) is 2.92. The Morgan fingerprint density at radius 1 is 1.39 bits per heavy atom. The molecule has 2 N–H and O–H groups in total. The van der Waals surface area contributed by atoms with Crippen molar-refractivity contribution in [3.8, 4) is 0 Å². The van der Waals surface area contributed by atoms with Gasteiger partial charge >= 0.3 is 5.97 Å². The van der Waals surface area contributed by atoms with E-state index >= 15 is 0 Å². The molecule has 0 bridgehead atoms. The van der Waals surface area contributed by atoms with Gasteiger partial charge < -0.3 is 15.3 Å². The molecule has 0 radical (unpaired) electrons. The van der Waals surface area contributed by atoms with Gasteiger partial charge in [-0.05, 0) is 26.2 Å². The van der Waals surface area contributed by atoms with Gasteiger partial charge in [0, 0.05) is 12.5 Å². The summed E-state index contributed by atoms with van der Waals surface area (Å²) in [4.78, 5) is 35.5. The van der Waals surface area contributed by atoms with Crippen molar-refractivity contribution in [1.82, 2.24) is 10.2 Å². The molecule has 1 atom stereocenters. The first-order valence-corrected chi connectivity index (χ1v) is 6.28. The second-order valence-corrected chi connectivity index (χ2v) is 4.57. The van der Waals surface area contributed by atoms with Crippen molar-refractivity contribution in [2.75, 3.05) is 6.54 Å². The van der Waals surface area contributed by atoms with Crippen molar-refractivity contribution in [2.24, 2.45) is 0 Å². The third kappa shape index (κ3) is 4.01. The van der Waals surface area contributed by atoms with Crippen LogP contribution >= 0.6 is 0 Å². The van der Waals surface area contributed by atoms with Crippen molar-refractivity contribution in [2.45, 2.75) is 51.6 Å². The van der Waals surface area contributed by atoms with E-state index in [1.165, 1.54) is 11.8 Å². The molecule has 1 unspecified atom stereocenters. The largest absolute Gasteiger partial charge is 0.480 e. The minimum Gasteiger partial charge on any atom is -0.480 e. The van der Waals surface area contributed by atoms with Gasteiger partial charge in [0.05, 0.1) is 6.54 Å². The number of carboxylic acid groups (broad SMARTS) is 1. The maximum atomic E-state index is 11.9. The Morgan fingerprint density at radius 2 is 2.00 bits per heavy atom. The van der Waals surface area contributed by atoms with E-state index in [9.17, 15) is 14.4 Å². The number of rotatable bonds is 7. The summed E-state index contributed by atoms with van der Waals surface area (Å²) < 4.78 is 0. The molecule has 1 rings (SSSR count). The monoisotopic (exact) mass is 256 g/mol. The van der Waals surface area contributed by atoms with Crippen LogP contribution in [-0.4, -0.2) is 46.4 Å². The van der Waals surface area contributed by atoms with Gasteiger partial charge in [-0.15, -0.1) is 0 Å². The highest BCUT2D eigenvalue weighted by atomic mass is 16.4. The summed E-state index contributed by atoms with van der Waals surface area (Å²) in [5.74, 6) is -1.52. The molecule has 0 aromatic heterocycles. The second-order valence-electron chi connectivity index (χ2n) is 4.57. The molecule has 18 heavy (non-hydrogen) atoms. The average molecular weight is 256 g/mol. The fourth-order valence-corrected chi connectivity index (χ4v) is 1.79. The molecule has 1 saturated carbocycles. The van der Waals surface area contributed by atoms with Gasteiger partial charge in [0.2, 0.25) is 11.8 Å². The summed E-state index contributed by atoms with van der Waals surface area (Å²) >= 11 is 0. The number of carboxylic acids is 1. The molecule has 0 aliphatic heterocycles. The van der Waals surface area contributed by atoms with Crippen LogP contribution in [0.3, 0.4) is 0 Å². The molecule has 6 heteroatoms. The van der Waals surface area contributed by atoms with Gasteiger partial charge in [-0.3, -0.25) is 9.59 Å². The molecular weight excluding hydrogens is 236 g/mol. The summed E-state index contributed by atoms with van der Waals surface area (Å²) in [5, 5.41) is 11.5. The molecule has 0 spiro atoms. The highest BCUT2D eigenvalue weighted by Gasteiger charge is 2.38. The molecule has 1 fully saturated rings. The van der Waals surface area contributed by atoms with Crippen molar-refractivity contribution in [1.29, 1.82) is 0 Å². The predicted molar refractivity (Wildman–Crippen MR) is 64.9 cm³/mol. The third-order valence-electron chi connectivity index (χ3n) is 2.92. The first kappa shape index (κ1) is 14.5. The van der Waals surface area contributed by atoms with Crippen LogP contribution in [0.1, 0.15) is 39.5 Å². The van der Waals surface area contributed by atoms with E-state index in [-0.39, 0.29) is 24.4 Å². The molecule has 0 aromatic rings. The number of carbonyl (C=O) groups is 3. The zero-order valence-electron chi connectivity index (χ0n) is 10.8. The van der Waals surface area contributed by atoms with Crippen LogP contribution in [0.15, 0.2) is 0 Å². The molecular formula is C12H20N2O4.